The molecule has 2 heterocycles. The molecule has 246 valence electrons. The maximum absolute atomic E-state index is 15.7. The highest BCUT2D eigenvalue weighted by atomic mass is 19.1. The molecule has 2 fully saturated rings. The van der Waals surface area contributed by atoms with E-state index in [1.807, 2.05) is 21.0 Å². The number of amides is 4. The maximum Gasteiger partial charge on any atom is 0.247 e. The average Bonchev–Trinajstić information content (AvgIpc) is 3.31. The average molecular weight is 626 g/mol. The third kappa shape index (κ3) is 7.89. The van der Waals surface area contributed by atoms with E-state index in [2.05, 4.69) is 20.6 Å². The molecule has 2 aromatic rings. The van der Waals surface area contributed by atoms with Crippen LogP contribution in [0.1, 0.15) is 77.2 Å². The fraction of sp³-hybridized carbons (Fsp3) is 0.606. The van der Waals surface area contributed by atoms with Crippen LogP contribution in [0.15, 0.2) is 30.5 Å². The van der Waals surface area contributed by atoms with E-state index >= 15 is 4.39 Å². The molecule has 1 aliphatic carbocycles. The fourth-order valence-corrected chi connectivity index (χ4v) is 6.39. The van der Waals surface area contributed by atoms with Crippen molar-refractivity contribution in [1.82, 2.24) is 24.9 Å². The molecule has 2 aliphatic rings. The molecule has 45 heavy (non-hydrogen) atoms. The minimum Gasteiger partial charge on any atom is -0.344 e. The number of carbonyl (C=O) groups is 4. The summed E-state index contributed by atoms with van der Waals surface area (Å²) in [5.41, 5.74) is 0.507. The van der Waals surface area contributed by atoms with Crippen molar-refractivity contribution in [3.63, 3.8) is 0 Å². The molecule has 0 bridgehead atoms. The lowest BCUT2D eigenvalue weighted by Gasteiger charge is -2.44. The highest BCUT2D eigenvalue weighted by Gasteiger charge is 2.39. The molecule has 0 spiro atoms. The molecule has 4 amide bonds. The third-order valence-corrected chi connectivity index (χ3v) is 9.37. The van der Waals surface area contributed by atoms with Crippen LogP contribution in [0.2, 0.25) is 0 Å². The summed E-state index contributed by atoms with van der Waals surface area (Å²) in [5, 5.41) is 9.88. The van der Waals surface area contributed by atoms with E-state index in [0.29, 0.717) is 37.4 Å². The van der Waals surface area contributed by atoms with Crippen molar-refractivity contribution < 1.29 is 23.6 Å². The Morgan fingerprint density at radius 2 is 1.78 bits per heavy atom. The Bertz CT molecular complexity index is 1330. The number of anilines is 2. The van der Waals surface area contributed by atoms with Crippen LogP contribution in [0.25, 0.3) is 0 Å². The van der Waals surface area contributed by atoms with Crippen LogP contribution in [0.4, 0.5) is 15.9 Å². The first-order chi connectivity index (χ1) is 21.6. The zero-order valence-electron chi connectivity index (χ0n) is 27.2. The van der Waals surface area contributed by atoms with Crippen molar-refractivity contribution in [3.8, 4) is 0 Å². The highest BCUT2D eigenvalue weighted by molar-refractivity contribution is 6.00. The Hall–Kier alpha value is -3.80. The standard InChI is InChI=1S/C33H48FN7O4/c1-6-28(43)37-30(33(45)39-19-25(20-39)38(4)5)22(3)24-14-15-27(26(34)18-24)36-32(44)31(23-12-10-8-9-11-13-23)40(21-42)29-16-17-35-41(29)7-2/h14-18,21-23,25,30-31H,6-13,19-20H2,1-5H3,(H,36,44)(H,37,43)/t22-,30+,31-/m0/s1. The summed E-state index contributed by atoms with van der Waals surface area (Å²) < 4.78 is 17.4. The lowest BCUT2D eigenvalue weighted by Crippen LogP contribution is -2.63. The van der Waals surface area contributed by atoms with Gasteiger partial charge in [-0.15, -0.1) is 0 Å². The van der Waals surface area contributed by atoms with E-state index in [-0.39, 0.29) is 35.9 Å². The molecular formula is C33H48FN7O4. The molecule has 0 unspecified atom stereocenters. The number of nitrogens with zero attached hydrogens (tertiary/aromatic N) is 5. The number of benzene rings is 1. The van der Waals surface area contributed by atoms with E-state index < -0.39 is 29.7 Å². The number of hydrogen-bond acceptors (Lipinski definition) is 6. The molecule has 4 rings (SSSR count). The fourth-order valence-electron chi connectivity index (χ4n) is 6.39. The summed E-state index contributed by atoms with van der Waals surface area (Å²) in [6.45, 7) is 7.07. The number of rotatable bonds is 13. The van der Waals surface area contributed by atoms with Crippen molar-refractivity contribution in [1.29, 1.82) is 0 Å². The van der Waals surface area contributed by atoms with Gasteiger partial charge in [0.25, 0.3) is 0 Å². The Morgan fingerprint density at radius 3 is 2.36 bits per heavy atom. The van der Waals surface area contributed by atoms with Gasteiger partial charge in [-0.25, -0.2) is 9.07 Å². The number of nitrogens with one attached hydrogen (secondary N) is 2. The lowest BCUT2D eigenvalue weighted by atomic mass is 9.89. The number of aryl methyl sites for hydroxylation is 1. The quantitative estimate of drug-likeness (QED) is 0.259. The van der Waals surface area contributed by atoms with Gasteiger partial charge in [0.15, 0.2) is 0 Å². The summed E-state index contributed by atoms with van der Waals surface area (Å²) in [6, 6.07) is 4.73. The predicted octanol–water partition coefficient (Wildman–Crippen LogP) is 3.75. The van der Waals surface area contributed by atoms with Gasteiger partial charge in [-0.05, 0) is 57.5 Å². The van der Waals surface area contributed by atoms with E-state index in [0.717, 1.165) is 38.5 Å². The lowest BCUT2D eigenvalue weighted by molar-refractivity contribution is -0.142. The molecule has 11 nitrogen and oxygen atoms in total. The minimum atomic E-state index is -0.857. The van der Waals surface area contributed by atoms with Crippen molar-refractivity contribution in [3.05, 3.63) is 41.8 Å². The first-order valence-corrected chi connectivity index (χ1v) is 16.2. The number of aromatic nitrogens is 2. The second kappa shape index (κ2) is 15.5. The van der Waals surface area contributed by atoms with Gasteiger partial charge in [-0.1, -0.05) is 45.6 Å². The second-order valence-corrected chi connectivity index (χ2v) is 12.5. The third-order valence-electron chi connectivity index (χ3n) is 9.37. The summed E-state index contributed by atoms with van der Waals surface area (Å²) >= 11 is 0. The second-order valence-electron chi connectivity index (χ2n) is 12.5. The maximum atomic E-state index is 15.7. The van der Waals surface area contributed by atoms with Gasteiger partial charge in [0.05, 0.1) is 11.9 Å². The van der Waals surface area contributed by atoms with E-state index in [1.165, 1.54) is 17.0 Å². The first-order valence-electron chi connectivity index (χ1n) is 16.2. The van der Waals surface area contributed by atoms with Gasteiger partial charge in [0.1, 0.15) is 23.7 Å². The zero-order valence-corrected chi connectivity index (χ0v) is 27.2. The van der Waals surface area contributed by atoms with Crippen LogP contribution < -0.4 is 15.5 Å². The molecule has 1 saturated heterocycles. The van der Waals surface area contributed by atoms with Gasteiger partial charge in [0, 0.05) is 44.1 Å². The molecule has 2 N–H and O–H groups in total. The number of likely N-dealkylation sites (tertiary alicyclic amines) is 1. The molecule has 0 radical (unpaired) electrons. The summed E-state index contributed by atoms with van der Waals surface area (Å²) in [6.07, 6.45) is 8.11. The molecule has 3 atom stereocenters. The SMILES string of the molecule is CCC(=O)N[C@@H](C(=O)N1CC(N(C)C)C1)[C@@H](C)c1ccc(NC(=O)[C@H](C2CCCCCC2)N(C=O)c2ccnn2CC)c(F)c1. The Labute approximate surface area is 265 Å². The van der Waals surface area contributed by atoms with Crippen LogP contribution in [0.3, 0.4) is 0 Å². The van der Waals surface area contributed by atoms with E-state index in [9.17, 15) is 19.2 Å². The molecule has 1 saturated carbocycles. The van der Waals surface area contributed by atoms with E-state index in [4.69, 9.17) is 0 Å². The van der Waals surface area contributed by atoms with Crippen LogP contribution in [-0.4, -0.2) is 89.0 Å². The van der Waals surface area contributed by atoms with Crippen molar-refractivity contribution in [2.24, 2.45) is 5.92 Å². The summed E-state index contributed by atoms with van der Waals surface area (Å²) in [7, 11) is 3.92. The topological polar surface area (TPSA) is 120 Å². The van der Waals surface area contributed by atoms with Gasteiger partial charge in [-0.2, -0.15) is 5.10 Å². The summed E-state index contributed by atoms with van der Waals surface area (Å²) in [5.74, 6) is -1.69. The van der Waals surface area contributed by atoms with Gasteiger partial charge in [0.2, 0.25) is 24.1 Å². The number of likely N-dealkylation sites (N-methyl/N-ethyl adjacent to an activating group) is 1. The van der Waals surface area contributed by atoms with Crippen LogP contribution in [0, 0.1) is 11.7 Å². The van der Waals surface area contributed by atoms with Crippen LogP contribution in [-0.2, 0) is 25.7 Å². The summed E-state index contributed by atoms with van der Waals surface area (Å²) in [4.78, 5) is 57.4. The number of halogens is 1. The first kappa shape index (κ1) is 34.1. The molecular weight excluding hydrogens is 577 g/mol. The van der Waals surface area contributed by atoms with Gasteiger partial charge >= 0.3 is 0 Å². The normalized spacial score (nSPS) is 18.0. The van der Waals surface area contributed by atoms with Crippen molar-refractivity contribution in [2.45, 2.75) is 96.3 Å². The Balaban J connectivity index is 1.56. The van der Waals surface area contributed by atoms with Gasteiger partial charge < -0.3 is 20.4 Å². The molecule has 1 aliphatic heterocycles. The Kier molecular flexibility index (Phi) is 11.7. The smallest absolute Gasteiger partial charge is 0.247 e. The highest BCUT2D eigenvalue weighted by Crippen LogP contribution is 2.32. The van der Waals surface area contributed by atoms with Crippen LogP contribution >= 0.6 is 0 Å². The minimum absolute atomic E-state index is 0.0125. The molecule has 1 aromatic heterocycles. The largest absolute Gasteiger partial charge is 0.344 e. The van der Waals surface area contributed by atoms with E-state index in [1.54, 1.807) is 41.8 Å². The zero-order chi connectivity index (χ0) is 32.7. The van der Waals surface area contributed by atoms with Crippen molar-refractivity contribution in [2.75, 3.05) is 37.4 Å². The van der Waals surface area contributed by atoms with Crippen LogP contribution in [0.5, 0.6) is 0 Å². The monoisotopic (exact) mass is 625 g/mol. The molecule has 1 aromatic carbocycles. The predicted molar refractivity (Wildman–Crippen MR) is 171 cm³/mol. The van der Waals surface area contributed by atoms with Crippen molar-refractivity contribution >= 4 is 35.6 Å². The van der Waals surface area contributed by atoms with Gasteiger partial charge in [-0.3, -0.25) is 24.1 Å². The number of hydrogen-bond donors (Lipinski definition) is 2. The number of carbonyl (C=O) groups excluding carboxylic acids is 4. The molecule has 12 heteroatoms. The Morgan fingerprint density at radius 1 is 1.09 bits per heavy atom.